The number of hydrogen-bond acceptors (Lipinski definition) is 4. The molecule has 2 aromatic heterocycles. The van der Waals surface area contributed by atoms with Crippen LogP contribution in [0.15, 0.2) is 60.7 Å². The van der Waals surface area contributed by atoms with Gasteiger partial charge in [0.1, 0.15) is 11.6 Å². The number of hydrogen-bond donors (Lipinski definition) is 2. The Kier molecular flexibility index (Phi) is 10.5. The molecule has 0 radical (unpaired) electrons. The summed E-state index contributed by atoms with van der Waals surface area (Å²) < 4.78 is 104. The summed E-state index contributed by atoms with van der Waals surface area (Å²) in [5.74, 6) is -3.88. The number of benzene rings is 2. The van der Waals surface area contributed by atoms with Gasteiger partial charge in [0.05, 0.1) is 11.1 Å². The first-order chi connectivity index (χ1) is 20.7. The molecule has 0 aliphatic heterocycles. The molecule has 2 N–H and O–H groups in total. The second-order valence-corrected chi connectivity index (χ2v) is 12.0. The highest BCUT2D eigenvalue weighted by Gasteiger charge is 2.33. The van der Waals surface area contributed by atoms with Crippen LogP contribution in [0.2, 0.25) is 0 Å². The van der Waals surface area contributed by atoms with Crippen molar-refractivity contribution in [3.8, 4) is 9.75 Å². The zero-order valence-electron chi connectivity index (χ0n) is 22.7. The predicted octanol–water partition coefficient (Wildman–Crippen LogP) is 8.52. The summed E-state index contributed by atoms with van der Waals surface area (Å²) in [6.07, 6.45) is -7.29. The van der Waals surface area contributed by atoms with E-state index in [1.807, 2.05) is 24.3 Å². The molecule has 0 saturated heterocycles. The molecule has 0 fully saturated rings. The van der Waals surface area contributed by atoms with Gasteiger partial charge < -0.3 is 10.6 Å². The van der Waals surface area contributed by atoms with Crippen molar-refractivity contribution in [1.29, 1.82) is 0 Å². The Labute approximate surface area is 254 Å². The van der Waals surface area contributed by atoms with Crippen molar-refractivity contribution in [1.82, 2.24) is 10.6 Å². The number of carbonyl (C=O) groups is 2. The summed E-state index contributed by atoms with van der Waals surface area (Å²) in [7, 11) is 0. The number of halogens is 8. The van der Waals surface area contributed by atoms with E-state index in [1.54, 1.807) is 22.7 Å². The van der Waals surface area contributed by atoms with Gasteiger partial charge in [-0.05, 0) is 86.3 Å². The van der Waals surface area contributed by atoms with Crippen molar-refractivity contribution >= 4 is 34.5 Å². The van der Waals surface area contributed by atoms with Crippen LogP contribution in [-0.4, -0.2) is 24.9 Å². The van der Waals surface area contributed by atoms with Gasteiger partial charge in [0.2, 0.25) is 0 Å². The molecule has 14 heteroatoms. The predicted molar refractivity (Wildman–Crippen MR) is 152 cm³/mol. The van der Waals surface area contributed by atoms with E-state index >= 15 is 0 Å². The zero-order valence-corrected chi connectivity index (χ0v) is 24.3. The van der Waals surface area contributed by atoms with E-state index in [2.05, 4.69) is 10.6 Å². The van der Waals surface area contributed by atoms with Crippen LogP contribution < -0.4 is 10.6 Å². The summed E-state index contributed by atoms with van der Waals surface area (Å²) in [6.45, 7) is 0.374. The third-order valence-electron chi connectivity index (χ3n) is 6.31. The maximum Gasteiger partial charge on any atom is 0.416 e. The van der Waals surface area contributed by atoms with Crippen molar-refractivity contribution < 1.29 is 44.7 Å². The quantitative estimate of drug-likeness (QED) is 0.125. The van der Waals surface area contributed by atoms with Gasteiger partial charge in [0.25, 0.3) is 11.8 Å². The minimum Gasteiger partial charge on any atom is -0.352 e. The lowest BCUT2D eigenvalue weighted by Gasteiger charge is -2.10. The molecule has 0 unspecified atom stereocenters. The normalized spacial score (nSPS) is 11.9. The van der Waals surface area contributed by atoms with Crippen LogP contribution in [0.5, 0.6) is 0 Å². The first-order valence-corrected chi connectivity index (χ1v) is 14.8. The zero-order chi connectivity index (χ0) is 32.1. The fraction of sp³-hybridized carbons (Fsp3) is 0.267. The maximum atomic E-state index is 13.6. The van der Waals surface area contributed by atoms with Crippen LogP contribution in [0.3, 0.4) is 0 Å². The summed E-state index contributed by atoms with van der Waals surface area (Å²) in [5.41, 5.74) is -3.27. The van der Waals surface area contributed by atoms with Crippen molar-refractivity contribution in [2.45, 2.75) is 38.0 Å². The second kappa shape index (κ2) is 13.9. The van der Waals surface area contributed by atoms with Gasteiger partial charge in [-0.25, -0.2) is 8.78 Å². The Morgan fingerprint density at radius 2 is 0.977 bits per heavy atom. The van der Waals surface area contributed by atoms with E-state index < -0.39 is 58.1 Å². The summed E-state index contributed by atoms with van der Waals surface area (Å²) in [5, 5.41) is 5.03. The monoisotopic (exact) mass is 660 g/mol. The van der Waals surface area contributed by atoms with E-state index in [0.29, 0.717) is 49.9 Å². The largest absolute Gasteiger partial charge is 0.416 e. The van der Waals surface area contributed by atoms with Crippen molar-refractivity contribution in [3.05, 3.63) is 104 Å². The molecule has 4 rings (SSSR count). The highest BCUT2D eigenvalue weighted by atomic mass is 32.1. The smallest absolute Gasteiger partial charge is 0.352 e. The van der Waals surface area contributed by atoms with Gasteiger partial charge in [0, 0.05) is 43.7 Å². The number of aryl methyl sites for hydroxylation is 2. The molecule has 0 bridgehead atoms. The lowest BCUT2D eigenvalue weighted by molar-refractivity contribution is -0.138. The van der Waals surface area contributed by atoms with Crippen molar-refractivity contribution in [2.24, 2.45) is 0 Å². The second-order valence-electron chi connectivity index (χ2n) is 9.70. The fourth-order valence-electron chi connectivity index (χ4n) is 4.19. The molecule has 0 atom stereocenters. The topological polar surface area (TPSA) is 58.2 Å². The molecule has 4 aromatic rings. The minimum absolute atomic E-state index is 0.187. The van der Waals surface area contributed by atoms with Gasteiger partial charge in [-0.2, -0.15) is 26.3 Å². The standard InChI is InChI=1S/C30H24F8N2O2S2/c31-21-13-17(11-19(15-21)29(33,34)35)27(41)39-9-1-3-23-5-7-25(43-23)26-8-6-24(44-26)4-2-10-40-28(42)18-12-20(30(36,37)38)16-22(32)14-18/h5-8,11-16H,1-4,9-10H2,(H,39,41)(H,40,42). The Hall–Kier alpha value is -3.78. The Balaban J connectivity index is 1.21. The number of carbonyl (C=O) groups excluding carboxylic acids is 2. The molecule has 0 saturated carbocycles. The first-order valence-electron chi connectivity index (χ1n) is 13.2. The summed E-state index contributed by atoms with van der Waals surface area (Å²) >= 11 is 3.10. The van der Waals surface area contributed by atoms with E-state index in [-0.39, 0.29) is 13.1 Å². The molecule has 2 heterocycles. The van der Waals surface area contributed by atoms with Crippen LogP contribution >= 0.6 is 22.7 Å². The van der Waals surface area contributed by atoms with Gasteiger partial charge in [0.15, 0.2) is 0 Å². The van der Waals surface area contributed by atoms with Crippen LogP contribution in [0.4, 0.5) is 35.1 Å². The molecule has 2 aromatic carbocycles. The number of rotatable bonds is 11. The van der Waals surface area contributed by atoms with Gasteiger partial charge >= 0.3 is 12.4 Å². The average molecular weight is 661 g/mol. The minimum atomic E-state index is -4.77. The average Bonchev–Trinajstić information content (AvgIpc) is 3.61. The molecule has 0 aliphatic carbocycles. The molecule has 0 spiro atoms. The summed E-state index contributed by atoms with van der Waals surface area (Å²) in [4.78, 5) is 28.5. The third kappa shape index (κ3) is 9.11. The maximum absolute atomic E-state index is 13.6. The fourth-order valence-corrected chi connectivity index (χ4v) is 6.38. The third-order valence-corrected chi connectivity index (χ3v) is 8.80. The highest BCUT2D eigenvalue weighted by Crippen LogP contribution is 2.35. The lowest BCUT2D eigenvalue weighted by Crippen LogP contribution is -2.25. The number of amides is 2. The van der Waals surface area contributed by atoms with Gasteiger partial charge in [-0.1, -0.05) is 0 Å². The van der Waals surface area contributed by atoms with Crippen LogP contribution in [-0.2, 0) is 25.2 Å². The van der Waals surface area contributed by atoms with E-state index in [1.165, 1.54) is 0 Å². The van der Waals surface area contributed by atoms with Gasteiger partial charge in [-0.3, -0.25) is 9.59 Å². The van der Waals surface area contributed by atoms with Crippen molar-refractivity contribution in [3.63, 3.8) is 0 Å². The van der Waals surface area contributed by atoms with Crippen LogP contribution in [0.1, 0.15) is 54.4 Å². The SMILES string of the molecule is O=C(NCCCc1ccc(-c2ccc(CCCNC(=O)c3cc(F)cc(C(F)(F)F)c3)s2)s1)c1cc(F)cc(C(F)(F)F)c1. The molecule has 44 heavy (non-hydrogen) atoms. The van der Waals surface area contributed by atoms with E-state index in [4.69, 9.17) is 0 Å². The molecule has 4 nitrogen and oxygen atoms in total. The Bertz CT molecular complexity index is 1510. The number of thiophene rings is 2. The molecule has 0 aliphatic rings. The number of alkyl halides is 6. The Morgan fingerprint density at radius 1 is 0.591 bits per heavy atom. The van der Waals surface area contributed by atoms with Crippen LogP contribution in [0, 0.1) is 11.6 Å². The molecular formula is C30H24F8N2O2S2. The lowest BCUT2D eigenvalue weighted by atomic mass is 10.1. The Morgan fingerprint density at radius 3 is 1.34 bits per heavy atom. The van der Waals surface area contributed by atoms with Crippen LogP contribution in [0.25, 0.3) is 9.75 Å². The molecule has 234 valence electrons. The van der Waals surface area contributed by atoms with E-state index in [0.717, 1.165) is 31.6 Å². The highest BCUT2D eigenvalue weighted by molar-refractivity contribution is 7.22. The molecular weight excluding hydrogens is 636 g/mol. The van der Waals surface area contributed by atoms with E-state index in [9.17, 15) is 44.7 Å². The number of nitrogens with one attached hydrogen (secondary N) is 2. The van der Waals surface area contributed by atoms with Crippen molar-refractivity contribution in [2.75, 3.05) is 13.1 Å². The summed E-state index contributed by atoms with van der Waals surface area (Å²) in [6, 6.07) is 11.2. The molecule has 2 amide bonds. The first kappa shape index (κ1) is 33.1. The van der Waals surface area contributed by atoms with Gasteiger partial charge in [-0.15, -0.1) is 22.7 Å².